The first-order valence-corrected chi connectivity index (χ1v) is 7.50. The zero-order valence-electron chi connectivity index (χ0n) is 13.4. The molecule has 0 spiro atoms. The van der Waals surface area contributed by atoms with Crippen LogP contribution in [0.4, 0.5) is 11.4 Å². The maximum atomic E-state index is 12.1. The van der Waals surface area contributed by atoms with Crippen LogP contribution in [0.5, 0.6) is 5.75 Å². The van der Waals surface area contributed by atoms with E-state index in [1.807, 2.05) is 0 Å². The van der Waals surface area contributed by atoms with E-state index in [1.54, 1.807) is 18.2 Å². The largest absolute Gasteiger partial charge is 0.494 e. The zero-order chi connectivity index (χ0) is 16.1. The van der Waals surface area contributed by atoms with Crippen LogP contribution in [-0.4, -0.2) is 25.0 Å². The average Bonchev–Trinajstić information content (AvgIpc) is 2.85. The fraction of sp³-hybridized carbons (Fsp3) is 0.500. The van der Waals surface area contributed by atoms with Crippen LogP contribution in [0.1, 0.15) is 32.6 Å². The number of nitrogens with one attached hydrogen (secondary N) is 2. The van der Waals surface area contributed by atoms with Crippen LogP contribution in [0, 0.1) is 5.92 Å². The van der Waals surface area contributed by atoms with Gasteiger partial charge >= 0.3 is 0 Å². The predicted molar refractivity (Wildman–Crippen MR) is 93.1 cm³/mol. The van der Waals surface area contributed by atoms with Crippen LogP contribution in [0.15, 0.2) is 18.2 Å². The lowest BCUT2D eigenvalue weighted by Gasteiger charge is -2.15. The molecule has 2 rings (SSSR count). The Hall–Kier alpha value is -1.79. The van der Waals surface area contributed by atoms with E-state index in [4.69, 9.17) is 10.5 Å². The second-order valence-electron chi connectivity index (χ2n) is 5.70. The summed E-state index contributed by atoms with van der Waals surface area (Å²) in [6.07, 6.45) is 3.55. The number of ether oxygens (including phenoxy) is 1. The van der Waals surface area contributed by atoms with E-state index in [-0.39, 0.29) is 36.2 Å². The fourth-order valence-corrected chi connectivity index (χ4v) is 2.83. The van der Waals surface area contributed by atoms with Crippen LogP contribution >= 0.6 is 12.4 Å². The van der Waals surface area contributed by atoms with E-state index < -0.39 is 0 Å². The smallest absolute Gasteiger partial charge is 0.224 e. The minimum atomic E-state index is -0.176. The van der Waals surface area contributed by atoms with Crippen molar-refractivity contribution in [2.45, 2.75) is 38.6 Å². The molecule has 6 nitrogen and oxygen atoms in total. The Morgan fingerprint density at radius 1 is 1.30 bits per heavy atom. The van der Waals surface area contributed by atoms with Crippen molar-refractivity contribution >= 4 is 35.6 Å². The van der Waals surface area contributed by atoms with Crippen molar-refractivity contribution in [2.24, 2.45) is 11.7 Å². The lowest BCUT2D eigenvalue weighted by molar-refractivity contribution is -0.117. The highest BCUT2D eigenvalue weighted by atomic mass is 35.5. The van der Waals surface area contributed by atoms with Gasteiger partial charge < -0.3 is 21.1 Å². The highest BCUT2D eigenvalue weighted by Gasteiger charge is 2.26. The topological polar surface area (TPSA) is 93.4 Å². The van der Waals surface area contributed by atoms with Crippen LogP contribution in [0.2, 0.25) is 0 Å². The Bertz CT molecular complexity index is 566. The van der Waals surface area contributed by atoms with Crippen molar-refractivity contribution in [3.63, 3.8) is 0 Å². The van der Waals surface area contributed by atoms with Crippen molar-refractivity contribution in [1.29, 1.82) is 0 Å². The molecular weight excluding hydrogens is 318 g/mol. The monoisotopic (exact) mass is 341 g/mol. The van der Waals surface area contributed by atoms with E-state index >= 15 is 0 Å². The van der Waals surface area contributed by atoms with Gasteiger partial charge in [0.2, 0.25) is 11.8 Å². The number of carbonyl (C=O) groups excluding carboxylic acids is 2. The maximum absolute atomic E-state index is 12.1. The number of halogens is 1. The number of hydrogen-bond donors (Lipinski definition) is 3. The molecule has 7 heteroatoms. The Kier molecular flexibility index (Phi) is 7.32. The van der Waals surface area contributed by atoms with Crippen LogP contribution in [0.25, 0.3) is 0 Å². The molecule has 1 fully saturated rings. The first-order chi connectivity index (χ1) is 10.5. The Balaban J connectivity index is 0.00000264. The molecule has 0 saturated heterocycles. The number of amides is 2. The lowest BCUT2D eigenvalue weighted by atomic mass is 10.00. The van der Waals surface area contributed by atoms with E-state index in [0.717, 1.165) is 19.3 Å². The molecular formula is C16H24ClN3O3. The van der Waals surface area contributed by atoms with E-state index in [2.05, 4.69) is 10.6 Å². The first kappa shape index (κ1) is 19.3. The number of nitrogens with two attached hydrogens (primary N) is 1. The summed E-state index contributed by atoms with van der Waals surface area (Å²) in [5, 5.41) is 5.53. The van der Waals surface area contributed by atoms with Gasteiger partial charge in [0, 0.05) is 31.1 Å². The Morgan fingerprint density at radius 3 is 2.61 bits per heavy atom. The van der Waals surface area contributed by atoms with Gasteiger partial charge in [-0.25, -0.2) is 0 Å². The van der Waals surface area contributed by atoms with Gasteiger partial charge in [-0.05, 0) is 30.9 Å². The van der Waals surface area contributed by atoms with Gasteiger partial charge in [-0.15, -0.1) is 12.4 Å². The molecule has 4 N–H and O–H groups in total. The molecule has 0 bridgehead atoms. The standard InChI is InChI=1S/C16H23N3O3.ClH/c1-10(20)18-14-7-6-12(9-15(14)22-2)19-16(21)8-11-4-3-5-13(11)17;/h6-7,9,11,13H,3-5,8,17H2,1-2H3,(H,18,20)(H,19,21);1H/t11-,13+;/m0./s1. The normalized spacial score (nSPS) is 19.6. The van der Waals surface area contributed by atoms with Crippen molar-refractivity contribution in [1.82, 2.24) is 0 Å². The number of rotatable bonds is 5. The van der Waals surface area contributed by atoms with Gasteiger partial charge in [-0.3, -0.25) is 9.59 Å². The van der Waals surface area contributed by atoms with Gasteiger partial charge in [0.15, 0.2) is 0 Å². The first-order valence-electron chi connectivity index (χ1n) is 7.50. The third-order valence-electron chi connectivity index (χ3n) is 3.96. The second kappa shape index (κ2) is 8.74. The van der Waals surface area contributed by atoms with Crippen LogP contribution < -0.4 is 21.1 Å². The van der Waals surface area contributed by atoms with Gasteiger partial charge in [-0.1, -0.05) is 6.42 Å². The minimum Gasteiger partial charge on any atom is -0.494 e. The van der Waals surface area contributed by atoms with Gasteiger partial charge in [0.1, 0.15) is 5.75 Å². The summed E-state index contributed by atoms with van der Waals surface area (Å²) in [4.78, 5) is 23.2. The Morgan fingerprint density at radius 2 is 2.04 bits per heavy atom. The van der Waals surface area contributed by atoms with E-state index in [9.17, 15) is 9.59 Å². The van der Waals surface area contributed by atoms with Crippen LogP contribution in [0.3, 0.4) is 0 Å². The van der Waals surface area contributed by atoms with Crippen molar-refractivity contribution < 1.29 is 14.3 Å². The summed E-state index contributed by atoms with van der Waals surface area (Å²) < 4.78 is 5.23. The predicted octanol–water partition coefficient (Wildman–Crippen LogP) is 2.53. The summed E-state index contributed by atoms with van der Waals surface area (Å²) in [7, 11) is 1.52. The molecule has 1 aromatic carbocycles. The molecule has 0 aromatic heterocycles. The molecule has 0 aliphatic heterocycles. The number of methoxy groups -OCH3 is 1. The maximum Gasteiger partial charge on any atom is 0.224 e. The van der Waals surface area contributed by atoms with Crippen molar-refractivity contribution in [2.75, 3.05) is 17.7 Å². The highest BCUT2D eigenvalue weighted by Crippen LogP contribution is 2.29. The lowest BCUT2D eigenvalue weighted by Crippen LogP contribution is -2.28. The molecule has 0 radical (unpaired) electrons. The van der Waals surface area contributed by atoms with Gasteiger partial charge in [0.05, 0.1) is 12.8 Å². The third-order valence-corrected chi connectivity index (χ3v) is 3.96. The minimum absolute atomic E-state index is 0. The van der Waals surface area contributed by atoms with E-state index in [0.29, 0.717) is 23.5 Å². The molecule has 0 heterocycles. The summed E-state index contributed by atoms with van der Waals surface area (Å²) in [5.74, 6) is 0.549. The summed E-state index contributed by atoms with van der Waals surface area (Å²) >= 11 is 0. The number of anilines is 2. The quantitative estimate of drug-likeness (QED) is 0.767. The number of carbonyl (C=O) groups is 2. The molecule has 23 heavy (non-hydrogen) atoms. The highest BCUT2D eigenvalue weighted by molar-refractivity contribution is 5.93. The molecule has 0 unspecified atom stereocenters. The van der Waals surface area contributed by atoms with Gasteiger partial charge in [-0.2, -0.15) is 0 Å². The molecule has 128 valence electrons. The molecule has 1 aromatic rings. The Labute approximate surface area is 142 Å². The van der Waals surface area contributed by atoms with E-state index in [1.165, 1.54) is 14.0 Å². The number of benzene rings is 1. The van der Waals surface area contributed by atoms with Crippen molar-refractivity contribution in [3.05, 3.63) is 18.2 Å². The molecule has 2 atom stereocenters. The SMILES string of the molecule is COc1cc(NC(=O)C[C@@H]2CCC[C@H]2N)ccc1NC(C)=O.Cl. The molecule has 1 saturated carbocycles. The zero-order valence-corrected chi connectivity index (χ0v) is 14.2. The molecule has 1 aliphatic rings. The molecule has 1 aliphatic carbocycles. The number of hydrogen-bond acceptors (Lipinski definition) is 4. The third kappa shape index (κ3) is 5.41. The second-order valence-corrected chi connectivity index (χ2v) is 5.70. The fourth-order valence-electron chi connectivity index (χ4n) is 2.83. The van der Waals surface area contributed by atoms with Crippen molar-refractivity contribution in [3.8, 4) is 5.75 Å². The summed E-state index contributed by atoms with van der Waals surface area (Å²) in [6.45, 7) is 1.43. The van der Waals surface area contributed by atoms with Crippen LogP contribution in [-0.2, 0) is 9.59 Å². The summed E-state index contributed by atoms with van der Waals surface area (Å²) in [5.41, 5.74) is 7.21. The average molecular weight is 342 g/mol. The molecule has 2 amide bonds. The van der Waals surface area contributed by atoms with Gasteiger partial charge in [0.25, 0.3) is 0 Å². The summed E-state index contributed by atoms with van der Waals surface area (Å²) in [6, 6.07) is 5.26.